The van der Waals surface area contributed by atoms with Crippen molar-refractivity contribution < 1.29 is 4.39 Å². The van der Waals surface area contributed by atoms with Gasteiger partial charge in [-0.2, -0.15) is 0 Å². The number of aryl methyl sites for hydroxylation is 1. The maximum absolute atomic E-state index is 13.2. The normalized spacial score (nSPS) is 10.9. The number of benzene rings is 1. The molecule has 1 heterocycles. The fourth-order valence-electron chi connectivity index (χ4n) is 1.31. The maximum Gasteiger partial charge on any atom is 0.138 e. The molecule has 72 valence electrons. The molecule has 14 heavy (non-hydrogen) atoms. The summed E-state index contributed by atoms with van der Waals surface area (Å²) in [7, 11) is 0. The van der Waals surface area contributed by atoms with Crippen molar-refractivity contribution in [1.29, 1.82) is 0 Å². The number of halogens is 3. The van der Waals surface area contributed by atoms with E-state index in [1.54, 1.807) is 12.1 Å². The number of hydrogen-bond donors (Lipinski definition) is 0. The van der Waals surface area contributed by atoms with E-state index in [4.69, 9.17) is 11.6 Å². The highest BCUT2D eigenvalue weighted by atomic mass is 127. The van der Waals surface area contributed by atoms with Gasteiger partial charge in [-0.05, 0) is 47.7 Å². The van der Waals surface area contributed by atoms with E-state index in [0.29, 0.717) is 14.1 Å². The number of rotatable bonds is 0. The minimum Gasteiger partial charge on any atom is -0.252 e. The van der Waals surface area contributed by atoms with Crippen molar-refractivity contribution in [3.8, 4) is 0 Å². The van der Waals surface area contributed by atoms with Gasteiger partial charge < -0.3 is 0 Å². The van der Waals surface area contributed by atoms with Gasteiger partial charge in [0.2, 0.25) is 0 Å². The first-order valence-electron chi connectivity index (χ1n) is 4.00. The molecular formula is C10H6ClFIN. The van der Waals surface area contributed by atoms with Gasteiger partial charge in [-0.1, -0.05) is 11.6 Å². The third kappa shape index (κ3) is 1.59. The lowest BCUT2D eigenvalue weighted by atomic mass is 10.2. The van der Waals surface area contributed by atoms with Gasteiger partial charge in [-0.25, -0.2) is 4.39 Å². The van der Waals surface area contributed by atoms with Gasteiger partial charge >= 0.3 is 0 Å². The second kappa shape index (κ2) is 3.62. The third-order valence-electron chi connectivity index (χ3n) is 1.95. The summed E-state index contributed by atoms with van der Waals surface area (Å²) in [5.41, 5.74) is 1.43. The minimum absolute atomic E-state index is 0.257. The van der Waals surface area contributed by atoms with Crippen LogP contribution in [0.3, 0.4) is 0 Å². The minimum atomic E-state index is -0.257. The number of hydrogen-bond acceptors (Lipinski definition) is 1. The molecular weight excluding hydrogens is 315 g/mol. The summed E-state index contributed by atoms with van der Waals surface area (Å²) in [6.45, 7) is 1.84. The lowest BCUT2D eigenvalue weighted by Crippen LogP contribution is -1.90. The molecule has 0 saturated heterocycles. The Morgan fingerprint density at radius 3 is 2.86 bits per heavy atom. The maximum atomic E-state index is 13.2. The zero-order chi connectivity index (χ0) is 10.3. The van der Waals surface area contributed by atoms with Crippen LogP contribution in [0.2, 0.25) is 5.02 Å². The smallest absolute Gasteiger partial charge is 0.138 e. The van der Waals surface area contributed by atoms with Crippen LogP contribution in [-0.4, -0.2) is 4.98 Å². The summed E-state index contributed by atoms with van der Waals surface area (Å²) in [4.78, 5) is 4.26. The standard InChI is InChI=1S/C10H6ClFIN/c1-5-4-7(11)6-2-3-8(12)9(13)10(6)14-5/h2-4H,1H3. The Labute approximate surface area is 99.4 Å². The third-order valence-corrected chi connectivity index (χ3v) is 3.29. The molecule has 4 heteroatoms. The van der Waals surface area contributed by atoms with Crippen molar-refractivity contribution in [3.63, 3.8) is 0 Å². The summed E-state index contributed by atoms with van der Waals surface area (Å²) in [5.74, 6) is -0.257. The predicted octanol–water partition coefficient (Wildman–Crippen LogP) is 3.94. The summed E-state index contributed by atoms with van der Waals surface area (Å²) in [6, 6.07) is 4.84. The molecule has 0 fully saturated rings. The monoisotopic (exact) mass is 321 g/mol. The average Bonchev–Trinajstić information content (AvgIpc) is 2.12. The van der Waals surface area contributed by atoms with Gasteiger partial charge in [-0.3, -0.25) is 4.98 Å². The Balaban J connectivity index is 2.95. The molecule has 1 nitrogen and oxygen atoms in total. The van der Waals surface area contributed by atoms with Crippen LogP contribution in [0.15, 0.2) is 18.2 Å². The van der Waals surface area contributed by atoms with Crippen LogP contribution in [0, 0.1) is 16.3 Å². The Kier molecular flexibility index (Phi) is 2.62. The molecule has 0 unspecified atom stereocenters. The van der Waals surface area contributed by atoms with Crippen LogP contribution in [0.4, 0.5) is 4.39 Å². The second-order valence-corrected chi connectivity index (χ2v) is 4.49. The number of nitrogens with zero attached hydrogens (tertiary/aromatic N) is 1. The molecule has 0 spiro atoms. The average molecular weight is 322 g/mol. The highest BCUT2D eigenvalue weighted by molar-refractivity contribution is 14.1. The Morgan fingerprint density at radius 1 is 1.43 bits per heavy atom. The molecule has 0 saturated carbocycles. The zero-order valence-corrected chi connectivity index (χ0v) is 10.2. The summed E-state index contributed by atoms with van der Waals surface area (Å²) < 4.78 is 13.7. The Bertz CT molecular complexity index is 513. The van der Waals surface area contributed by atoms with E-state index >= 15 is 0 Å². The Hall–Kier alpha value is -0.420. The van der Waals surface area contributed by atoms with Gasteiger partial charge in [0.05, 0.1) is 14.1 Å². The van der Waals surface area contributed by atoms with E-state index in [2.05, 4.69) is 4.98 Å². The van der Waals surface area contributed by atoms with Crippen molar-refractivity contribution in [2.75, 3.05) is 0 Å². The molecule has 0 N–H and O–H groups in total. The van der Waals surface area contributed by atoms with E-state index < -0.39 is 0 Å². The van der Waals surface area contributed by atoms with E-state index in [1.807, 2.05) is 29.5 Å². The van der Waals surface area contributed by atoms with E-state index in [9.17, 15) is 4.39 Å². The second-order valence-electron chi connectivity index (χ2n) is 3.00. The van der Waals surface area contributed by atoms with Gasteiger partial charge in [0.1, 0.15) is 5.82 Å². The van der Waals surface area contributed by atoms with Gasteiger partial charge in [0.15, 0.2) is 0 Å². The van der Waals surface area contributed by atoms with Crippen LogP contribution in [0.5, 0.6) is 0 Å². The Morgan fingerprint density at radius 2 is 2.14 bits per heavy atom. The SMILES string of the molecule is Cc1cc(Cl)c2ccc(F)c(I)c2n1. The molecule has 0 radical (unpaired) electrons. The first-order chi connectivity index (χ1) is 6.59. The van der Waals surface area contributed by atoms with Crippen molar-refractivity contribution in [2.24, 2.45) is 0 Å². The number of aromatic nitrogens is 1. The molecule has 1 aromatic heterocycles. The lowest BCUT2D eigenvalue weighted by Gasteiger charge is -2.04. The predicted molar refractivity (Wildman–Crippen MR) is 64.2 cm³/mol. The molecule has 2 rings (SSSR count). The van der Waals surface area contributed by atoms with Crippen molar-refractivity contribution in [3.05, 3.63) is 38.3 Å². The van der Waals surface area contributed by atoms with E-state index in [0.717, 1.165) is 11.1 Å². The topological polar surface area (TPSA) is 12.9 Å². The van der Waals surface area contributed by atoms with Crippen molar-refractivity contribution in [2.45, 2.75) is 6.92 Å². The highest BCUT2D eigenvalue weighted by Gasteiger charge is 2.08. The number of fused-ring (bicyclic) bond motifs is 1. The van der Waals surface area contributed by atoms with Crippen LogP contribution >= 0.6 is 34.2 Å². The molecule has 0 atom stereocenters. The number of pyridine rings is 1. The van der Waals surface area contributed by atoms with Crippen LogP contribution in [0.1, 0.15) is 5.69 Å². The van der Waals surface area contributed by atoms with Crippen molar-refractivity contribution in [1.82, 2.24) is 4.98 Å². The molecule has 0 bridgehead atoms. The van der Waals surface area contributed by atoms with Crippen LogP contribution in [0.25, 0.3) is 10.9 Å². The van der Waals surface area contributed by atoms with Crippen molar-refractivity contribution >= 4 is 45.1 Å². The molecule has 0 aliphatic carbocycles. The summed E-state index contributed by atoms with van der Waals surface area (Å²) in [6.07, 6.45) is 0. The van der Waals surface area contributed by atoms with Crippen LogP contribution < -0.4 is 0 Å². The highest BCUT2D eigenvalue weighted by Crippen LogP contribution is 2.27. The molecule has 1 aromatic carbocycles. The summed E-state index contributed by atoms with van der Waals surface area (Å²) >= 11 is 7.96. The van der Waals surface area contributed by atoms with Gasteiger partial charge in [0.25, 0.3) is 0 Å². The van der Waals surface area contributed by atoms with Crippen LogP contribution in [-0.2, 0) is 0 Å². The van der Waals surface area contributed by atoms with Gasteiger partial charge in [0, 0.05) is 11.1 Å². The van der Waals surface area contributed by atoms with Gasteiger partial charge in [-0.15, -0.1) is 0 Å². The molecule has 0 aliphatic rings. The fraction of sp³-hybridized carbons (Fsp3) is 0.100. The molecule has 0 aliphatic heterocycles. The summed E-state index contributed by atoms with van der Waals surface area (Å²) in [5, 5.41) is 1.41. The quantitative estimate of drug-likeness (QED) is 0.670. The zero-order valence-electron chi connectivity index (χ0n) is 7.31. The largest absolute Gasteiger partial charge is 0.252 e. The van der Waals surface area contributed by atoms with E-state index in [1.165, 1.54) is 6.07 Å². The lowest BCUT2D eigenvalue weighted by molar-refractivity contribution is 0.622. The fourth-order valence-corrected chi connectivity index (χ4v) is 2.21. The first kappa shape index (κ1) is 10.1. The first-order valence-corrected chi connectivity index (χ1v) is 5.46. The van der Waals surface area contributed by atoms with E-state index in [-0.39, 0.29) is 5.82 Å². The molecule has 2 aromatic rings. The molecule has 0 amide bonds.